The number of nitrogens with zero attached hydrogens (tertiary/aromatic N) is 1. The number of benzene rings is 1. The van der Waals surface area contributed by atoms with Gasteiger partial charge in [0.25, 0.3) is 0 Å². The molecule has 0 spiro atoms. The van der Waals surface area contributed by atoms with E-state index < -0.39 is 0 Å². The van der Waals surface area contributed by atoms with Gasteiger partial charge >= 0.3 is 0 Å². The number of anilines is 2. The van der Waals surface area contributed by atoms with Crippen LogP contribution in [-0.2, 0) is 9.59 Å². The first-order chi connectivity index (χ1) is 8.08. The third kappa shape index (κ3) is 2.38. The molecule has 1 N–H and O–H groups in total. The van der Waals surface area contributed by atoms with Crippen molar-refractivity contribution in [3.05, 3.63) is 18.2 Å². The summed E-state index contributed by atoms with van der Waals surface area (Å²) in [5.41, 5.74) is 1.36. The highest BCUT2D eigenvalue weighted by Gasteiger charge is 2.21. The minimum Gasteiger partial charge on any atom is -0.490 e. The largest absolute Gasteiger partial charge is 0.490 e. The summed E-state index contributed by atoms with van der Waals surface area (Å²) in [4.78, 5) is 24.1. The highest BCUT2D eigenvalue weighted by Crippen LogP contribution is 2.34. The predicted octanol–water partition coefficient (Wildman–Crippen LogP) is 1.39. The van der Waals surface area contributed by atoms with Crippen LogP contribution in [0.15, 0.2) is 18.2 Å². The first kappa shape index (κ1) is 11.4. The zero-order valence-electron chi connectivity index (χ0n) is 9.82. The van der Waals surface area contributed by atoms with E-state index in [9.17, 15) is 9.59 Å². The highest BCUT2D eigenvalue weighted by atomic mass is 16.5. The smallest absolute Gasteiger partial charge is 0.224 e. The second-order valence-electron chi connectivity index (χ2n) is 3.88. The van der Waals surface area contributed by atoms with Gasteiger partial charge in [0.1, 0.15) is 12.4 Å². The monoisotopic (exact) mass is 234 g/mol. The van der Waals surface area contributed by atoms with E-state index in [2.05, 4.69) is 5.32 Å². The number of amides is 2. The van der Waals surface area contributed by atoms with Crippen LogP contribution < -0.4 is 15.0 Å². The SMILES string of the molecule is CC(=O)Nc1ccc2c(c1)N(C(C)=O)CCO2. The first-order valence-corrected chi connectivity index (χ1v) is 5.40. The molecule has 0 aliphatic carbocycles. The molecule has 0 fully saturated rings. The molecule has 0 unspecified atom stereocenters. The predicted molar refractivity (Wildman–Crippen MR) is 64.3 cm³/mol. The van der Waals surface area contributed by atoms with Crippen LogP contribution in [0.3, 0.4) is 0 Å². The van der Waals surface area contributed by atoms with E-state index >= 15 is 0 Å². The van der Waals surface area contributed by atoms with Crippen molar-refractivity contribution in [2.24, 2.45) is 0 Å². The zero-order chi connectivity index (χ0) is 12.4. The molecule has 0 aromatic heterocycles. The number of rotatable bonds is 1. The normalized spacial score (nSPS) is 13.6. The van der Waals surface area contributed by atoms with Crippen molar-refractivity contribution in [1.29, 1.82) is 0 Å². The fourth-order valence-electron chi connectivity index (χ4n) is 1.83. The summed E-state index contributed by atoms with van der Waals surface area (Å²) in [6.45, 7) is 3.98. The Hall–Kier alpha value is -2.04. The van der Waals surface area contributed by atoms with E-state index in [1.54, 1.807) is 23.1 Å². The summed E-state index contributed by atoms with van der Waals surface area (Å²) >= 11 is 0. The molecule has 90 valence electrons. The van der Waals surface area contributed by atoms with Gasteiger partial charge in [-0.25, -0.2) is 0 Å². The summed E-state index contributed by atoms with van der Waals surface area (Å²) in [6, 6.07) is 5.26. The highest BCUT2D eigenvalue weighted by molar-refractivity contribution is 5.96. The molecular weight excluding hydrogens is 220 g/mol. The van der Waals surface area contributed by atoms with Gasteiger partial charge in [0.15, 0.2) is 0 Å². The number of ether oxygens (including phenoxy) is 1. The fraction of sp³-hybridized carbons (Fsp3) is 0.333. The molecule has 0 saturated carbocycles. The first-order valence-electron chi connectivity index (χ1n) is 5.40. The van der Waals surface area contributed by atoms with Crippen LogP contribution in [0.25, 0.3) is 0 Å². The van der Waals surface area contributed by atoms with Crippen LogP contribution in [0.5, 0.6) is 5.75 Å². The van der Waals surface area contributed by atoms with E-state index in [1.165, 1.54) is 13.8 Å². The topological polar surface area (TPSA) is 58.6 Å². The third-order valence-electron chi connectivity index (χ3n) is 2.52. The van der Waals surface area contributed by atoms with Gasteiger partial charge in [-0.2, -0.15) is 0 Å². The van der Waals surface area contributed by atoms with Gasteiger partial charge in [0.05, 0.1) is 12.2 Å². The molecule has 0 atom stereocenters. The molecule has 1 aliphatic rings. The van der Waals surface area contributed by atoms with Gasteiger partial charge in [-0.05, 0) is 18.2 Å². The Morgan fingerprint density at radius 1 is 1.35 bits per heavy atom. The van der Waals surface area contributed by atoms with Crippen LogP contribution >= 0.6 is 0 Å². The second-order valence-corrected chi connectivity index (χ2v) is 3.88. The van der Waals surface area contributed by atoms with Crippen molar-refractivity contribution >= 4 is 23.2 Å². The second kappa shape index (κ2) is 4.45. The molecule has 0 bridgehead atoms. The zero-order valence-corrected chi connectivity index (χ0v) is 9.82. The van der Waals surface area contributed by atoms with Crippen molar-refractivity contribution in [1.82, 2.24) is 0 Å². The van der Waals surface area contributed by atoms with Crippen LogP contribution in [0.4, 0.5) is 11.4 Å². The Morgan fingerprint density at radius 2 is 2.12 bits per heavy atom. The maximum atomic E-state index is 11.5. The third-order valence-corrected chi connectivity index (χ3v) is 2.52. The van der Waals surface area contributed by atoms with Crippen molar-refractivity contribution in [2.45, 2.75) is 13.8 Å². The number of fused-ring (bicyclic) bond motifs is 1. The molecule has 2 amide bonds. The average molecular weight is 234 g/mol. The van der Waals surface area contributed by atoms with E-state index in [1.807, 2.05) is 0 Å². The standard InChI is InChI=1S/C12H14N2O3/c1-8(15)13-10-3-4-12-11(7-10)14(9(2)16)5-6-17-12/h3-4,7H,5-6H2,1-2H3,(H,13,15). The Labute approximate surface area is 99.4 Å². The molecule has 1 heterocycles. The summed E-state index contributed by atoms with van der Waals surface area (Å²) in [7, 11) is 0. The van der Waals surface area contributed by atoms with E-state index in [0.717, 1.165) is 0 Å². The quantitative estimate of drug-likeness (QED) is 0.798. The van der Waals surface area contributed by atoms with Crippen molar-refractivity contribution in [2.75, 3.05) is 23.4 Å². The maximum absolute atomic E-state index is 11.5. The van der Waals surface area contributed by atoms with Crippen molar-refractivity contribution in [3.63, 3.8) is 0 Å². The van der Waals surface area contributed by atoms with Gasteiger partial charge < -0.3 is 15.0 Å². The summed E-state index contributed by atoms with van der Waals surface area (Å²) in [6.07, 6.45) is 0. The van der Waals surface area contributed by atoms with Crippen LogP contribution in [0, 0.1) is 0 Å². The van der Waals surface area contributed by atoms with Gasteiger partial charge in [-0.15, -0.1) is 0 Å². The molecule has 0 radical (unpaired) electrons. The number of nitrogens with one attached hydrogen (secondary N) is 1. The fourth-order valence-corrected chi connectivity index (χ4v) is 1.83. The molecule has 0 saturated heterocycles. The summed E-state index contributed by atoms with van der Waals surface area (Å²) < 4.78 is 5.46. The van der Waals surface area contributed by atoms with E-state index in [4.69, 9.17) is 4.74 Å². The average Bonchev–Trinajstić information content (AvgIpc) is 2.27. The molecule has 17 heavy (non-hydrogen) atoms. The number of carbonyl (C=O) groups is 2. The lowest BCUT2D eigenvalue weighted by Gasteiger charge is -2.29. The molecule has 1 aliphatic heterocycles. The van der Waals surface area contributed by atoms with E-state index in [0.29, 0.717) is 30.3 Å². The lowest BCUT2D eigenvalue weighted by molar-refractivity contribution is -0.117. The molecule has 1 aromatic rings. The van der Waals surface area contributed by atoms with Gasteiger partial charge in [-0.1, -0.05) is 0 Å². The molecular formula is C12H14N2O3. The number of hydrogen-bond acceptors (Lipinski definition) is 3. The van der Waals surface area contributed by atoms with Crippen molar-refractivity contribution < 1.29 is 14.3 Å². The number of hydrogen-bond donors (Lipinski definition) is 1. The van der Waals surface area contributed by atoms with Crippen molar-refractivity contribution in [3.8, 4) is 5.75 Å². The van der Waals surface area contributed by atoms with E-state index in [-0.39, 0.29) is 11.8 Å². The Bertz CT molecular complexity index is 471. The van der Waals surface area contributed by atoms with Crippen LogP contribution in [0.1, 0.15) is 13.8 Å². The Kier molecular flexibility index (Phi) is 2.99. The lowest BCUT2D eigenvalue weighted by atomic mass is 10.2. The van der Waals surface area contributed by atoms with Gasteiger partial charge in [0, 0.05) is 19.5 Å². The minimum atomic E-state index is -0.143. The maximum Gasteiger partial charge on any atom is 0.224 e. The molecule has 1 aromatic carbocycles. The van der Waals surface area contributed by atoms with Gasteiger partial charge in [0.2, 0.25) is 11.8 Å². The summed E-state index contributed by atoms with van der Waals surface area (Å²) in [5.74, 6) is 0.492. The Morgan fingerprint density at radius 3 is 2.76 bits per heavy atom. The molecule has 5 nitrogen and oxygen atoms in total. The number of carbonyl (C=O) groups excluding carboxylic acids is 2. The summed E-state index contributed by atoms with van der Waals surface area (Å²) in [5, 5.41) is 2.68. The minimum absolute atomic E-state index is 0.0328. The van der Waals surface area contributed by atoms with Gasteiger partial charge in [-0.3, -0.25) is 9.59 Å². The van der Waals surface area contributed by atoms with Crippen LogP contribution in [-0.4, -0.2) is 25.0 Å². The lowest BCUT2D eigenvalue weighted by Crippen LogP contribution is -2.36. The van der Waals surface area contributed by atoms with Crippen LogP contribution in [0.2, 0.25) is 0 Å². The molecule has 5 heteroatoms. The Balaban J connectivity index is 2.36. The molecule has 2 rings (SSSR count).